The number of hydrogen-bond acceptors (Lipinski definition) is 2. The van der Waals surface area contributed by atoms with Crippen molar-refractivity contribution in [3.05, 3.63) is 67.4 Å². The van der Waals surface area contributed by atoms with Gasteiger partial charge in [0, 0.05) is 12.1 Å². The van der Waals surface area contributed by atoms with Crippen LogP contribution < -0.4 is 11.2 Å². The van der Waals surface area contributed by atoms with Gasteiger partial charge in [0.25, 0.3) is 5.56 Å². The minimum absolute atomic E-state index is 0.112. The first-order valence-electron chi connectivity index (χ1n) is 5.62. The van der Waals surface area contributed by atoms with E-state index >= 15 is 0 Å². The predicted molar refractivity (Wildman–Crippen MR) is 71.2 cm³/mol. The number of aryl methyl sites for hydroxylation is 1. The van der Waals surface area contributed by atoms with Crippen molar-refractivity contribution in [2.45, 2.75) is 19.9 Å². The van der Waals surface area contributed by atoms with E-state index in [1.54, 1.807) is 6.92 Å². The highest BCUT2D eigenvalue weighted by atomic mass is 35.5. The second-order valence-electron chi connectivity index (χ2n) is 4.06. The first-order valence-corrected chi connectivity index (χ1v) is 6.00. The Morgan fingerprint density at radius 3 is 2.56 bits per heavy atom. The topological polar surface area (TPSA) is 54.9 Å². The summed E-state index contributed by atoms with van der Waals surface area (Å²) in [5.74, 6) is 0. The van der Waals surface area contributed by atoms with Crippen molar-refractivity contribution in [2.24, 2.45) is 0 Å². The van der Waals surface area contributed by atoms with Crippen LogP contribution in [0.2, 0.25) is 5.15 Å². The molecule has 0 bridgehead atoms. The van der Waals surface area contributed by atoms with Crippen LogP contribution in [0, 0.1) is 6.92 Å². The Kier molecular flexibility index (Phi) is 3.67. The van der Waals surface area contributed by atoms with Crippen molar-refractivity contribution < 1.29 is 0 Å². The molecule has 0 aliphatic rings. The van der Waals surface area contributed by atoms with E-state index in [1.165, 1.54) is 4.57 Å². The Morgan fingerprint density at radius 1 is 1.22 bits per heavy atom. The molecule has 0 saturated heterocycles. The number of nitrogens with zero attached hydrogens (tertiary/aromatic N) is 1. The molecular formula is C13H13ClN2O2. The molecule has 2 aromatic rings. The van der Waals surface area contributed by atoms with E-state index in [9.17, 15) is 9.59 Å². The summed E-state index contributed by atoms with van der Waals surface area (Å²) >= 11 is 5.74. The van der Waals surface area contributed by atoms with Crippen molar-refractivity contribution in [1.29, 1.82) is 0 Å². The molecule has 1 aromatic heterocycles. The molecule has 0 amide bonds. The molecule has 1 aromatic carbocycles. The molecule has 0 spiro atoms. The first-order chi connectivity index (χ1) is 8.59. The normalized spacial score (nSPS) is 10.6. The highest BCUT2D eigenvalue weighted by Gasteiger charge is 2.08. The summed E-state index contributed by atoms with van der Waals surface area (Å²) in [6.07, 6.45) is 0.630. The van der Waals surface area contributed by atoms with Gasteiger partial charge in [-0.3, -0.25) is 14.3 Å². The molecule has 94 valence electrons. The summed E-state index contributed by atoms with van der Waals surface area (Å²) < 4.78 is 1.17. The van der Waals surface area contributed by atoms with Gasteiger partial charge in [0.05, 0.1) is 0 Å². The molecular weight excluding hydrogens is 252 g/mol. The fourth-order valence-corrected chi connectivity index (χ4v) is 1.89. The highest BCUT2D eigenvalue weighted by Crippen LogP contribution is 2.04. The van der Waals surface area contributed by atoms with E-state index in [0.29, 0.717) is 18.5 Å². The Bertz CT molecular complexity index is 659. The quantitative estimate of drug-likeness (QED) is 0.859. The lowest BCUT2D eigenvalue weighted by molar-refractivity contribution is 0.623. The zero-order valence-corrected chi connectivity index (χ0v) is 10.7. The minimum Gasteiger partial charge on any atom is -0.297 e. The predicted octanol–water partition coefficient (Wildman–Crippen LogP) is 1.74. The molecule has 4 nitrogen and oxygen atoms in total. The molecule has 0 radical (unpaired) electrons. The molecule has 5 heteroatoms. The SMILES string of the molecule is Cc1c(Cl)[nH]c(=O)n(CCc2ccccc2)c1=O. The maximum atomic E-state index is 11.9. The summed E-state index contributed by atoms with van der Waals surface area (Å²) in [5.41, 5.74) is 0.645. The molecule has 0 atom stereocenters. The minimum atomic E-state index is -0.466. The zero-order valence-electron chi connectivity index (χ0n) is 9.94. The lowest BCUT2D eigenvalue weighted by atomic mass is 10.1. The number of aromatic nitrogens is 2. The van der Waals surface area contributed by atoms with Gasteiger partial charge in [-0.05, 0) is 18.9 Å². The Morgan fingerprint density at radius 2 is 1.89 bits per heavy atom. The standard InChI is InChI=1S/C13H13ClN2O2/c1-9-11(14)15-13(18)16(12(9)17)8-7-10-5-3-2-4-6-10/h2-6H,7-8H2,1H3,(H,15,18). The van der Waals surface area contributed by atoms with Crippen LogP contribution >= 0.6 is 11.6 Å². The van der Waals surface area contributed by atoms with Gasteiger partial charge in [0.2, 0.25) is 0 Å². The second-order valence-corrected chi connectivity index (χ2v) is 4.44. The Balaban J connectivity index is 2.28. The van der Waals surface area contributed by atoms with E-state index in [4.69, 9.17) is 11.6 Å². The van der Waals surface area contributed by atoms with Crippen LogP contribution in [-0.2, 0) is 13.0 Å². The van der Waals surface area contributed by atoms with Crippen molar-refractivity contribution in [2.75, 3.05) is 0 Å². The number of H-pyrrole nitrogens is 1. The van der Waals surface area contributed by atoms with E-state index in [1.807, 2.05) is 30.3 Å². The molecule has 1 heterocycles. The fourth-order valence-electron chi connectivity index (χ4n) is 1.73. The van der Waals surface area contributed by atoms with Gasteiger partial charge in [-0.2, -0.15) is 0 Å². The van der Waals surface area contributed by atoms with Crippen molar-refractivity contribution in [3.8, 4) is 0 Å². The van der Waals surface area contributed by atoms with Gasteiger partial charge in [-0.1, -0.05) is 41.9 Å². The summed E-state index contributed by atoms with van der Waals surface area (Å²) in [7, 11) is 0. The molecule has 1 N–H and O–H groups in total. The van der Waals surface area contributed by atoms with Gasteiger partial charge in [0.1, 0.15) is 5.15 Å². The summed E-state index contributed by atoms with van der Waals surface area (Å²) in [6.45, 7) is 1.94. The average Bonchev–Trinajstić information content (AvgIpc) is 2.37. The summed E-state index contributed by atoms with van der Waals surface area (Å²) in [5, 5.41) is 0.112. The van der Waals surface area contributed by atoms with Crippen LogP contribution in [0.1, 0.15) is 11.1 Å². The fraction of sp³-hybridized carbons (Fsp3) is 0.231. The first kappa shape index (κ1) is 12.6. The van der Waals surface area contributed by atoms with Crippen LogP contribution in [0.3, 0.4) is 0 Å². The van der Waals surface area contributed by atoms with Crippen LogP contribution in [0.4, 0.5) is 0 Å². The summed E-state index contributed by atoms with van der Waals surface area (Å²) in [6, 6.07) is 9.70. The Hall–Kier alpha value is -1.81. The van der Waals surface area contributed by atoms with Crippen LogP contribution in [-0.4, -0.2) is 9.55 Å². The van der Waals surface area contributed by atoms with Crippen molar-refractivity contribution in [3.63, 3.8) is 0 Å². The molecule has 0 aliphatic carbocycles. The molecule has 0 aliphatic heterocycles. The van der Waals surface area contributed by atoms with Gasteiger partial charge < -0.3 is 0 Å². The number of aromatic amines is 1. The molecule has 0 saturated carbocycles. The molecule has 2 rings (SSSR count). The third-order valence-electron chi connectivity index (χ3n) is 2.82. The number of rotatable bonds is 3. The van der Waals surface area contributed by atoms with E-state index in [-0.39, 0.29) is 10.7 Å². The van der Waals surface area contributed by atoms with Gasteiger partial charge in [-0.25, -0.2) is 4.79 Å². The maximum absolute atomic E-state index is 11.9. The zero-order chi connectivity index (χ0) is 13.1. The van der Waals surface area contributed by atoms with Crippen LogP contribution in [0.25, 0.3) is 0 Å². The second kappa shape index (κ2) is 5.23. The van der Waals surface area contributed by atoms with Crippen LogP contribution in [0.15, 0.2) is 39.9 Å². The number of nitrogens with one attached hydrogen (secondary N) is 1. The van der Waals surface area contributed by atoms with Crippen LogP contribution in [0.5, 0.6) is 0 Å². The monoisotopic (exact) mass is 264 g/mol. The molecule has 18 heavy (non-hydrogen) atoms. The van der Waals surface area contributed by atoms with E-state index in [2.05, 4.69) is 4.98 Å². The lowest BCUT2D eigenvalue weighted by Gasteiger charge is -2.06. The van der Waals surface area contributed by atoms with Gasteiger partial charge >= 0.3 is 5.69 Å². The lowest BCUT2D eigenvalue weighted by Crippen LogP contribution is -2.37. The number of hydrogen-bond donors (Lipinski definition) is 1. The van der Waals surface area contributed by atoms with Crippen molar-refractivity contribution in [1.82, 2.24) is 9.55 Å². The molecule has 0 unspecified atom stereocenters. The van der Waals surface area contributed by atoms with E-state index < -0.39 is 5.69 Å². The summed E-state index contributed by atoms with van der Waals surface area (Å²) in [4.78, 5) is 26.0. The van der Waals surface area contributed by atoms with Crippen molar-refractivity contribution >= 4 is 11.6 Å². The Labute approximate surface area is 109 Å². The average molecular weight is 265 g/mol. The number of halogens is 1. The van der Waals surface area contributed by atoms with E-state index in [0.717, 1.165) is 5.56 Å². The third-order valence-corrected chi connectivity index (χ3v) is 3.20. The maximum Gasteiger partial charge on any atom is 0.329 e. The molecule has 0 fully saturated rings. The smallest absolute Gasteiger partial charge is 0.297 e. The highest BCUT2D eigenvalue weighted by molar-refractivity contribution is 6.30. The largest absolute Gasteiger partial charge is 0.329 e. The van der Waals surface area contributed by atoms with Gasteiger partial charge in [0.15, 0.2) is 0 Å². The number of benzene rings is 1. The van der Waals surface area contributed by atoms with Gasteiger partial charge in [-0.15, -0.1) is 0 Å². The third kappa shape index (κ3) is 2.54.